The lowest BCUT2D eigenvalue weighted by molar-refractivity contribution is 0.289. The third-order valence-electron chi connectivity index (χ3n) is 2.52. The molecule has 0 bridgehead atoms. The molecule has 0 saturated carbocycles. The summed E-state index contributed by atoms with van der Waals surface area (Å²) in [6, 6.07) is 12.2. The number of phenols is 1. The molecule has 0 spiro atoms. The van der Waals surface area contributed by atoms with Crippen molar-refractivity contribution in [2.24, 2.45) is 5.73 Å². The van der Waals surface area contributed by atoms with Crippen molar-refractivity contribution in [1.82, 2.24) is 0 Å². The molecule has 94 valence electrons. The Morgan fingerprint density at radius 1 is 1.17 bits per heavy atom. The van der Waals surface area contributed by atoms with Gasteiger partial charge in [-0.05, 0) is 29.8 Å². The Kier molecular flexibility index (Phi) is 3.79. The molecule has 3 nitrogen and oxygen atoms in total. The number of phenolic OH excluding ortho intramolecular Hbond substituents is 1. The second-order valence-electron chi connectivity index (χ2n) is 3.97. The lowest BCUT2D eigenvalue weighted by Crippen LogP contribution is -2.19. The van der Waals surface area contributed by atoms with E-state index in [9.17, 15) is 9.50 Å². The Hall–Kier alpha value is -2.07. The van der Waals surface area contributed by atoms with Gasteiger partial charge in [-0.1, -0.05) is 18.2 Å². The zero-order chi connectivity index (χ0) is 13.0. The molecule has 1 unspecified atom stereocenters. The average Bonchev–Trinajstić information content (AvgIpc) is 2.36. The summed E-state index contributed by atoms with van der Waals surface area (Å²) in [4.78, 5) is 0. The number of benzene rings is 2. The summed E-state index contributed by atoms with van der Waals surface area (Å²) >= 11 is 0. The average molecular weight is 247 g/mol. The van der Waals surface area contributed by atoms with Crippen molar-refractivity contribution in [1.29, 1.82) is 0 Å². The van der Waals surface area contributed by atoms with E-state index in [0.717, 1.165) is 0 Å². The van der Waals surface area contributed by atoms with Crippen LogP contribution >= 0.6 is 0 Å². The Labute approximate surface area is 105 Å². The Morgan fingerprint density at radius 2 is 1.94 bits per heavy atom. The molecular formula is C14H14FNO2. The molecule has 3 N–H and O–H groups in total. The SMILES string of the molecule is NC(COc1cccc(O)c1)c1cccc(F)c1. The van der Waals surface area contributed by atoms with Crippen LogP contribution in [0.2, 0.25) is 0 Å². The van der Waals surface area contributed by atoms with E-state index in [1.807, 2.05) is 0 Å². The molecule has 2 rings (SSSR count). The van der Waals surface area contributed by atoms with Crippen LogP contribution in [-0.4, -0.2) is 11.7 Å². The molecule has 18 heavy (non-hydrogen) atoms. The first-order valence-electron chi connectivity index (χ1n) is 5.58. The van der Waals surface area contributed by atoms with Gasteiger partial charge in [0.1, 0.15) is 23.9 Å². The van der Waals surface area contributed by atoms with Gasteiger partial charge in [-0.15, -0.1) is 0 Å². The van der Waals surface area contributed by atoms with Crippen molar-refractivity contribution >= 4 is 0 Å². The van der Waals surface area contributed by atoms with Crippen molar-refractivity contribution in [3.8, 4) is 11.5 Å². The molecule has 0 radical (unpaired) electrons. The van der Waals surface area contributed by atoms with Crippen LogP contribution < -0.4 is 10.5 Å². The lowest BCUT2D eigenvalue weighted by Gasteiger charge is -2.13. The van der Waals surface area contributed by atoms with E-state index in [-0.39, 0.29) is 18.2 Å². The fourth-order valence-electron chi connectivity index (χ4n) is 1.59. The zero-order valence-corrected chi connectivity index (χ0v) is 9.71. The van der Waals surface area contributed by atoms with Gasteiger partial charge in [0, 0.05) is 6.07 Å². The van der Waals surface area contributed by atoms with Crippen molar-refractivity contribution in [3.63, 3.8) is 0 Å². The molecule has 0 aliphatic rings. The van der Waals surface area contributed by atoms with Gasteiger partial charge >= 0.3 is 0 Å². The van der Waals surface area contributed by atoms with Crippen molar-refractivity contribution in [2.45, 2.75) is 6.04 Å². The van der Waals surface area contributed by atoms with Gasteiger partial charge in [-0.3, -0.25) is 0 Å². The van der Waals surface area contributed by atoms with Gasteiger partial charge in [0.05, 0.1) is 6.04 Å². The zero-order valence-electron chi connectivity index (χ0n) is 9.71. The quantitative estimate of drug-likeness (QED) is 0.873. The Balaban J connectivity index is 1.98. The highest BCUT2D eigenvalue weighted by atomic mass is 19.1. The molecule has 0 fully saturated rings. The number of halogens is 1. The molecule has 2 aromatic rings. The predicted octanol–water partition coefficient (Wildman–Crippen LogP) is 2.61. The van der Waals surface area contributed by atoms with Gasteiger partial charge in [-0.2, -0.15) is 0 Å². The molecule has 4 heteroatoms. The fourth-order valence-corrected chi connectivity index (χ4v) is 1.59. The van der Waals surface area contributed by atoms with Crippen LogP contribution in [0, 0.1) is 5.82 Å². The normalized spacial score (nSPS) is 12.1. The molecule has 0 heterocycles. The van der Waals surface area contributed by atoms with Crippen LogP contribution in [0.15, 0.2) is 48.5 Å². The van der Waals surface area contributed by atoms with E-state index >= 15 is 0 Å². The summed E-state index contributed by atoms with van der Waals surface area (Å²) in [6.45, 7) is 0.215. The smallest absolute Gasteiger partial charge is 0.123 e. The topological polar surface area (TPSA) is 55.5 Å². The third-order valence-corrected chi connectivity index (χ3v) is 2.52. The van der Waals surface area contributed by atoms with Gasteiger partial charge in [0.15, 0.2) is 0 Å². The van der Waals surface area contributed by atoms with Crippen LogP contribution in [0.1, 0.15) is 11.6 Å². The van der Waals surface area contributed by atoms with Gasteiger partial charge < -0.3 is 15.6 Å². The Morgan fingerprint density at radius 3 is 2.67 bits per heavy atom. The van der Waals surface area contributed by atoms with Crippen LogP contribution in [0.4, 0.5) is 4.39 Å². The fraction of sp³-hybridized carbons (Fsp3) is 0.143. The van der Waals surface area contributed by atoms with E-state index in [4.69, 9.17) is 10.5 Å². The molecule has 1 atom stereocenters. The summed E-state index contributed by atoms with van der Waals surface area (Å²) < 4.78 is 18.4. The lowest BCUT2D eigenvalue weighted by atomic mass is 10.1. The third kappa shape index (κ3) is 3.21. The molecule has 0 aromatic heterocycles. The number of rotatable bonds is 4. The molecule has 0 aliphatic carbocycles. The summed E-state index contributed by atoms with van der Waals surface area (Å²) in [5, 5.41) is 9.27. The van der Waals surface area contributed by atoms with Gasteiger partial charge in [0.25, 0.3) is 0 Å². The first kappa shape index (κ1) is 12.4. The van der Waals surface area contributed by atoms with Crippen molar-refractivity contribution in [2.75, 3.05) is 6.61 Å². The summed E-state index contributed by atoms with van der Waals surface area (Å²) in [6.07, 6.45) is 0. The van der Waals surface area contributed by atoms with Crippen LogP contribution in [0.25, 0.3) is 0 Å². The second kappa shape index (κ2) is 5.51. The minimum atomic E-state index is -0.414. The minimum absolute atomic E-state index is 0.131. The molecular weight excluding hydrogens is 233 g/mol. The van der Waals surface area contributed by atoms with E-state index < -0.39 is 6.04 Å². The molecule has 2 aromatic carbocycles. The van der Waals surface area contributed by atoms with Crippen molar-refractivity contribution < 1.29 is 14.2 Å². The van der Waals surface area contributed by atoms with Crippen LogP contribution in [0.5, 0.6) is 11.5 Å². The van der Waals surface area contributed by atoms with E-state index in [1.165, 1.54) is 18.2 Å². The first-order valence-corrected chi connectivity index (χ1v) is 5.58. The summed E-state index contributed by atoms with van der Waals surface area (Å²) in [5.41, 5.74) is 6.57. The maximum absolute atomic E-state index is 13.0. The van der Waals surface area contributed by atoms with Gasteiger partial charge in [-0.25, -0.2) is 4.39 Å². The maximum Gasteiger partial charge on any atom is 0.123 e. The first-order chi connectivity index (χ1) is 8.65. The highest BCUT2D eigenvalue weighted by molar-refractivity contribution is 5.32. The van der Waals surface area contributed by atoms with E-state index in [1.54, 1.807) is 30.3 Å². The molecule has 0 amide bonds. The van der Waals surface area contributed by atoms with E-state index in [2.05, 4.69) is 0 Å². The molecule has 0 aliphatic heterocycles. The Bertz CT molecular complexity index is 531. The van der Waals surface area contributed by atoms with Crippen molar-refractivity contribution in [3.05, 3.63) is 59.9 Å². The highest BCUT2D eigenvalue weighted by Gasteiger charge is 2.08. The number of ether oxygens (including phenoxy) is 1. The standard InChI is InChI=1S/C14H14FNO2/c15-11-4-1-3-10(7-11)14(16)9-18-13-6-2-5-12(17)8-13/h1-8,14,17H,9,16H2. The van der Waals surface area contributed by atoms with Crippen LogP contribution in [-0.2, 0) is 0 Å². The van der Waals surface area contributed by atoms with E-state index in [0.29, 0.717) is 11.3 Å². The second-order valence-corrected chi connectivity index (χ2v) is 3.97. The number of nitrogens with two attached hydrogens (primary N) is 1. The summed E-state index contributed by atoms with van der Waals surface area (Å²) in [7, 11) is 0. The molecule has 0 saturated heterocycles. The largest absolute Gasteiger partial charge is 0.508 e. The highest BCUT2D eigenvalue weighted by Crippen LogP contribution is 2.19. The number of hydrogen-bond donors (Lipinski definition) is 2. The number of aromatic hydroxyl groups is 1. The van der Waals surface area contributed by atoms with Crippen LogP contribution in [0.3, 0.4) is 0 Å². The van der Waals surface area contributed by atoms with Gasteiger partial charge in [0.2, 0.25) is 0 Å². The predicted molar refractivity (Wildman–Crippen MR) is 66.9 cm³/mol. The minimum Gasteiger partial charge on any atom is -0.508 e. The maximum atomic E-state index is 13.0. The summed E-state index contributed by atoms with van der Waals surface area (Å²) in [5.74, 6) is 0.342. The monoisotopic (exact) mass is 247 g/mol. The number of hydrogen-bond acceptors (Lipinski definition) is 3.